The number of benzene rings is 1. The maximum absolute atomic E-state index is 10.6. The zero-order valence-corrected chi connectivity index (χ0v) is 6.89. The van der Waals surface area contributed by atoms with Gasteiger partial charge in [-0.25, -0.2) is 4.79 Å². The van der Waals surface area contributed by atoms with E-state index in [0.29, 0.717) is 0 Å². The van der Waals surface area contributed by atoms with E-state index in [1.54, 1.807) is 0 Å². The lowest BCUT2D eigenvalue weighted by molar-refractivity contribution is 0.0694. The van der Waals surface area contributed by atoms with Crippen molar-refractivity contribution in [2.75, 3.05) is 0 Å². The number of aromatic hydroxyl groups is 2. The molecule has 0 aliphatic heterocycles. The zero-order chi connectivity index (χ0) is 10.3. The highest BCUT2D eigenvalue weighted by atomic mass is 16.4. The van der Waals surface area contributed by atoms with Crippen LogP contribution in [0.4, 0.5) is 0 Å². The number of hydrogen-bond acceptors (Lipinski definition) is 4. The van der Waals surface area contributed by atoms with Gasteiger partial charge >= 0.3 is 5.97 Å². The summed E-state index contributed by atoms with van der Waals surface area (Å²) in [4.78, 5) is 10.6. The Labute approximate surface area is 77.8 Å². The van der Waals surface area contributed by atoms with E-state index in [4.69, 9.17) is 9.52 Å². The van der Waals surface area contributed by atoms with Gasteiger partial charge in [-0.3, -0.25) is 0 Å². The molecule has 2 rings (SSSR count). The Hall–Kier alpha value is -2.17. The van der Waals surface area contributed by atoms with E-state index >= 15 is 0 Å². The minimum absolute atomic E-state index is 0.150. The van der Waals surface area contributed by atoms with Crippen molar-refractivity contribution in [1.29, 1.82) is 0 Å². The van der Waals surface area contributed by atoms with Crippen LogP contribution in [0.3, 0.4) is 0 Å². The third kappa shape index (κ3) is 1.06. The van der Waals surface area contributed by atoms with E-state index in [9.17, 15) is 15.0 Å². The monoisotopic (exact) mass is 194 g/mol. The van der Waals surface area contributed by atoms with Crippen molar-refractivity contribution in [2.24, 2.45) is 0 Å². The molecule has 1 heterocycles. The van der Waals surface area contributed by atoms with Crippen molar-refractivity contribution >= 4 is 16.9 Å². The smallest absolute Gasteiger partial charge is 0.339 e. The summed E-state index contributed by atoms with van der Waals surface area (Å²) in [7, 11) is 0. The van der Waals surface area contributed by atoms with E-state index < -0.39 is 5.97 Å². The number of carbonyl (C=O) groups is 1. The van der Waals surface area contributed by atoms with Gasteiger partial charge in [0.25, 0.3) is 0 Å². The zero-order valence-electron chi connectivity index (χ0n) is 6.89. The highest BCUT2D eigenvalue weighted by Crippen LogP contribution is 2.32. The molecule has 0 unspecified atom stereocenters. The first-order chi connectivity index (χ1) is 6.59. The second-order valence-electron chi connectivity index (χ2n) is 2.79. The van der Waals surface area contributed by atoms with Gasteiger partial charge in [0.1, 0.15) is 23.2 Å². The Bertz CT molecular complexity index is 511. The predicted octanol–water partition coefficient (Wildman–Crippen LogP) is 1.54. The van der Waals surface area contributed by atoms with Crippen molar-refractivity contribution in [2.45, 2.75) is 0 Å². The largest absolute Gasteiger partial charge is 0.507 e. The molecule has 1 aromatic carbocycles. The van der Waals surface area contributed by atoms with Crippen LogP contribution in [0.2, 0.25) is 0 Å². The highest BCUT2D eigenvalue weighted by Gasteiger charge is 2.14. The predicted molar refractivity (Wildman–Crippen MR) is 46.5 cm³/mol. The van der Waals surface area contributed by atoms with E-state index in [1.165, 1.54) is 0 Å². The van der Waals surface area contributed by atoms with Gasteiger partial charge in [-0.15, -0.1) is 0 Å². The molecule has 0 amide bonds. The van der Waals surface area contributed by atoms with E-state index in [0.717, 1.165) is 18.4 Å². The lowest BCUT2D eigenvalue weighted by atomic mass is 10.1. The van der Waals surface area contributed by atoms with Crippen LogP contribution in [0.15, 0.2) is 22.8 Å². The van der Waals surface area contributed by atoms with E-state index in [-0.39, 0.29) is 28.0 Å². The van der Waals surface area contributed by atoms with Crippen LogP contribution in [0.5, 0.6) is 11.5 Å². The molecule has 5 heteroatoms. The number of fused-ring (bicyclic) bond motifs is 1. The SMILES string of the molecule is O=C(O)c1cc2c(O)coc2cc1O. The minimum atomic E-state index is -1.26. The first-order valence-electron chi connectivity index (χ1n) is 3.76. The Balaban J connectivity index is 2.80. The van der Waals surface area contributed by atoms with Crippen LogP contribution in [0, 0.1) is 0 Å². The maximum Gasteiger partial charge on any atom is 0.339 e. The van der Waals surface area contributed by atoms with Crippen LogP contribution in [-0.4, -0.2) is 21.3 Å². The molecular formula is C9H6O5. The summed E-state index contributed by atoms with van der Waals surface area (Å²) in [5, 5.41) is 27.5. The number of carboxylic acids is 1. The summed E-state index contributed by atoms with van der Waals surface area (Å²) < 4.78 is 4.86. The molecule has 0 aliphatic carbocycles. The van der Waals surface area contributed by atoms with Crippen molar-refractivity contribution in [3.05, 3.63) is 24.0 Å². The Morgan fingerprint density at radius 1 is 1.21 bits per heavy atom. The first-order valence-corrected chi connectivity index (χ1v) is 3.76. The second-order valence-corrected chi connectivity index (χ2v) is 2.79. The average molecular weight is 194 g/mol. The molecule has 0 aliphatic rings. The van der Waals surface area contributed by atoms with Crippen LogP contribution >= 0.6 is 0 Å². The quantitative estimate of drug-likeness (QED) is 0.640. The topological polar surface area (TPSA) is 90.9 Å². The number of carboxylic acid groups (broad SMARTS) is 1. The lowest BCUT2D eigenvalue weighted by Crippen LogP contribution is -1.95. The molecule has 0 fully saturated rings. The molecule has 0 saturated heterocycles. The number of rotatable bonds is 1. The summed E-state index contributed by atoms with van der Waals surface area (Å²) in [6.45, 7) is 0. The normalized spacial score (nSPS) is 10.6. The molecule has 0 radical (unpaired) electrons. The summed E-state index contributed by atoms with van der Waals surface area (Å²) in [5.41, 5.74) is -0.0285. The minimum Gasteiger partial charge on any atom is -0.507 e. The van der Waals surface area contributed by atoms with Crippen LogP contribution in [-0.2, 0) is 0 Å². The van der Waals surface area contributed by atoms with Gasteiger partial charge in [-0.1, -0.05) is 0 Å². The van der Waals surface area contributed by atoms with Crippen molar-refractivity contribution in [1.82, 2.24) is 0 Å². The number of furan rings is 1. The average Bonchev–Trinajstić information content (AvgIpc) is 2.46. The third-order valence-electron chi connectivity index (χ3n) is 1.90. The first kappa shape index (κ1) is 8.43. The van der Waals surface area contributed by atoms with E-state index in [2.05, 4.69) is 0 Å². The molecule has 72 valence electrons. The summed E-state index contributed by atoms with van der Waals surface area (Å²) in [6.07, 6.45) is 1.08. The fourth-order valence-corrected chi connectivity index (χ4v) is 1.22. The van der Waals surface area contributed by atoms with Gasteiger partial charge in [0.15, 0.2) is 5.75 Å². The van der Waals surface area contributed by atoms with Gasteiger partial charge in [0.2, 0.25) is 0 Å². The molecule has 0 atom stereocenters. The van der Waals surface area contributed by atoms with Gasteiger partial charge in [-0.2, -0.15) is 0 Å². The number of hydrogen-bond donors (Lipinski definition) is 3. The number of aromatic carboxylic acids is 1. The molecule has 5 nitrogen and oxygen atoms in total. The molecule has 2 aromatic rings. The van der Waals surface area contributed by atoms with Gasteiger partial charge in [-0.05, 0) is 6.07 Å². The van der Waals surface area contributed by atoms with Crippen LogP contribution in [0.1, 0.15) is 10.4 Å². The molecule has 0 bridgehead atoms. The van der Waals surface area contributed by atoms with Gasteiger partial charge in [0, 0.05) is 6.07 Å². The van der Waals surface area contributed by atoms with Gasteiger partial charge < -0.3 is 19.7 Å². The van der Waals surface area contributed by atoms with Crippen molar-refractivity contribution in [3.63, 3.8) is 0 Å². The van der Waals surface area contributed by atoms with Gasteiger partial charge in [0.05, 0.1) is 5.39 Å². The highest BCUT2D eigenvalue weighted by molar-refractivity contribution is 5.97. The Morgan fingerprint density at radius 3 is 2.57 bits per heavy atom. The Morgan fingerprint density at radius 2 is 1.93 bits per heavy atom. The lowest BCUT2D eigenvalue weighted by Gasteiger charge is -1.98. The molecule has 0 spiro atoms. The van der Waals surface area contributed by atoms with Crippen molar-refractivity contribution < 1.29 is 24.5 Å². The van der Waals surface area contributed by atoms with Crippen LogP contribution in [0.25, 0.3) is 11.0 Å². The molecule has 14 heavy (non-hydrogen) atoms. The molecule has 1 aromatic heterocycles. The van der Waals surface area contributed by atoms with Crippen LogP contribution < -0.4 is 0 Å². The third-order valence-corrected chi connectivity index (χ3v) is 1.90. The second kappa shape index (κ2) is 2.66. The number of phenols is 1. The fourth-order valence-electron chi connectivity index (χ4n) is 1.22. The molecule has 3 N–H and O–H groups in total. The molecular weight excluding hydrogens is 188 g/mol. The standard InChI is InChI=1S/C9H6O5/c10-6-2-8-4(7(11)3-14-8)1-5(6)9(12)13/h1-3,10-11H,(H,12,13). The van der Waals surface area contributed by atoms with Crippen molar-refractivity contribution in [3.8, 4) is 11.5 Å². The Kier molecular flexibility index (Phi) is 1.60. The summed E-state index contributed by atoms with van der Waals surface area (Å²) in [6, 6.07) is 2.31. The summed E-state index contributed by atoms with van der Waals surface area (Å²) >= 11 is 0. The fraction of sp³-hybridized carbons (Fsp3) is 0. The molecule has 0 saturated carbocycles. The summed E-state index contributed by atoms with van der Waals surface area (Å²) in [5.74, 6) is -1.80. The van der Waals surface area contributed by atoms with E-state index in [1.807, 2.05) is 0 Å². The maximum atomic E-state index is 10.6.